The van der Waals surface area contributed by atoms with Gasteiger partial charge in [-0.1, -0.05) is 97.1 Å². The molecule has 0 fully saturated rings. The van der Waals surface area contributed by atoms with Gasteiger partial charge in [0.15, 0.2) is 0 Å². The molecule has 0 radical (unpaired) electrons. The summed E-state index contributed by atoms with van der Waals surface area (Å²) < 4.78 is 33.0. The van der Waals surface area contributed by atoms with Crippen LogP contribution in [0.1, 0.15) is 33.6 Å². The zero-order valence-corrected chi connectivity index (χ0v) is 21.7. The summed E-state index contributed by atoms with van der Waals surface area (Å²) in [5.41, 5.74) is 4.99. The summed E-state index contributed by atoms with van der Waals surface area (Å²) in [5, 5.41) is 1.22. The van der Waals surface area contributed by atoms with Crippen molar-refractivity contribution in [1.29, 1.82) is 0 Å². The first kappa shape index (κ1) is 23.9. The number of sulfone groups is 1. The first-order valence-electron chi connectivity index (χ1n) is 12.4. The number of rotatable bonds is 7. The minimum atomic E-state index is -3.41. The van der Waals surface area contributed by atoms with Crippen molar-refractivity contribution in [2.45, 2.75) is 24.0 Å². The fourth-order valence-corrected chi connectivity index (χ4v) is 6.53. The van der Waals surface area contributed by atoms with E-state index < -0.39 is 15.4 Å². The molecule has 2 heterocycles. The zero-order valence-electron chi connectivity index (χ0n) is 20.9. The maximum Gasteiger partial charge on any atom is 0.200 e. The minimum absolute atomic E-state index is 0.206. The number of ether oxygens (including phenoxy) is 1. The fraction of sp³-hybridized carbons (Fsp3) is 0.0938. The highest BCUT2D eigenvalue weighted by Crippen LogP contribution is 2.42. The Morgan fingerprint density at radius 3 is 1.87 bits per heavy atom. The third-order valence-corrected chi connectivity index (χ3v) is 8.62. The average molecular weight is 519 g/mol. The molecule has 0 N–H and O–H groups in total. The molecule has 0 unspecified atom stereocenters. The van der Waals surface area contributed by atoms with Crippen molar-refractivity contribution in [2.24, 2.45) is 0 Å². The second-order valence-electron chi connectivity index (χ2n) is 9.26. The number of fused-ring (bicyclic) bond motifs is 1. The lowest BCUT2D eigenvalue weighted by Gasteiger charge is -2.38. The Kier molecular flexibility index (Phi) is 5.97. The van der Waals surface area contributed by atoms with Gasteiger partial charge in [0.2, 0.25) is 9.84 Å². The summed E-state index contributed by atoms with van der Waals surface area (Å²) in [7, 11) is -3.41. The van der Waals surface area contributed by atoms with Crippen LogP contribution in [0.15, 0.2) is 126 Å². The van der Waals surface area contributed by atoms with Crippen molar-refractivity contribution in [3.8, 4) is 5.75 Å². The maximum absolute atomic E-state index is 12.3. The molecule has 38 heavy (non-hydrogen) atoms. The Morgan fingerprint density at radius 1 is 0.763 bits per heavy atom. The van der Waals surface area contributed by atoms with Gasteiger partial charge in [-0.05, 0) is 41.8 Å². The van der Waals surface area contributed by atoms with Gasteiger partial charge < -0.3 is 9.30 Å². The smallest absolute Gasteiger partial charge is 0.200 e. The van der Waals surface area contributed by atoms with Crippen LogP contribution >= 0.6 is 0 Å². The highest BCUT2D eigenvalue weighted by Gasteiger charge is 2.39. The lowest BCUT2D eigenvalue weighted by Crippen LogP contribution is -2.38. The van der Waals surface area contributed by atoms with E-state index in [9.17, 15) is 8.42 Å². The maximum atomic E-state index is 12.3. The molecule has 0 spiro atoms. The van der Waals surface area contributed by atoms with Crippen LogP contribution in [0.2, 0.25) is 0 Å². The minimum Gasteiger partial charge on any atom is -0.487 e. The molecule has 4 aromatic carbocycles. The standard InChI is InChI=1S/C32H26N2O3S/c1-24-29(22-37-30-18-11-19-31-28(30)20-21-38(31,35)36)33-23-34(24)32(25-12-5-2-6-13-25,26-14-7-3-8-15-26)27-16-9-4-10-17-27/h2-21,23H,22H2,1H3. The van der Waals surface area contributed by atoms with E-state index in [1.54, 1.807) is 24.3 Å². The molecule has 6 heteroatoms. The van der Waals surface area contributed by atoms with E-state index in [4.69, 9.17) is 9.72 Å². The molecular formula is C32H26N2O3S. The first-order valence-corrected chi connectivity index (χ1v) is 14.0. The number of benzene rings is 4. The van der Waals surface area contributed by atoms with E-state index in [2.05, 4.69) is 84.3 Å². The van der Waals surface area contributed by atoms with Gasteiger partial charge in [-0.2, -0.15) is 0 Å². The summed E-state index contributed by atoms with van der Waals surface area (Å²) in [6.07, 6.45) is 3.47. The highest BCUT2D eigenvalue weighted by molar-refractivity contribution is 7.94. The van der Waals surface area contributed by atoms with Crippen LogP contribution in [0.3, 0.4) is 0 Å². The van der Waals surface area contributed by atoms with E-state index in [-0.39, 0.29) is 11.5 Å². The third-order valence-electron chi connectivity index (χ3n) is 7.15. The number of hydrogen-bond acceptors (Lipinski definition) is 4. The predicted octanol–water partition coefficient (Wildman–Crippen LogP) is 6.37. The molecule has 0 bridgehead atoms. The van der Waals surface area contributed by atoms with Crippen LogP contribution in [0, 0.1) is 6.92 Å². The molecule has 5 aromatic rings. The summed E-state index contributed by atoms with van der Waals surface area (Å²) in [6.45, 7) is 2.26. The topological polar surface area (TPSA) is 61.2 Å². The number of aromatic nitrogens is 2. The summed E-state index contributed by atoms with van der Waals surface area (Å²) in [6, 6.07) is 36.4. The van der Waals surface area contributed by atoms with Gasteiger partial charge in [0.1, 0.15) is 17.9 Å². The van der Waals surface area contributed by atoms with Gasteiger partial charge in [-0.15, -0.1) is 0 Å². The van der Waals surface area contributed by atoms with E-state index in [0.717, 1.165) is 28.1 Å². The SMILES string of the molecule is Cc1c(COc2cccc3c2C=CS3(=O)=O)ncn1C(c1ccccc1)(c1ccccc1)c1ccccc1. The van der Waals surface area contributed by atoms with E-state index in [1.807, 2.05) is 24.5 Å². The second-order valence-corrected chi connectivity index (χ2v) is 11.1. The zero-order chi connectivity index (χ0) is 26.2. The Morgan fingerprint density at radius 2 is 1.32 bits per heavy atom. The Bertz CT molecular complexity index is 1630. The molecule has 0 atom stereocenters. The van der Waals surface area contributed by atoms with Gasteiger partial charge >= 0.3 is 0 Å². The molecule has 0 aliphatic carbocycles. The third kappa shape index (κ3) is 3.85. The Labute approximate surface area is 222 Å². The molecule has 1 aliphatic heterocycles. The van der Waals surface area contributed by atoms with Crippen molar-refractivity contribution in [2.75, 3.05) is 0 Å². The Hall–Kier alpha value is -4.42. The highest BCUT2D eigenvalue weighted by atomic mass is 32.2. The normalized spacial score (nSPS) is 13.8. The molecular weight excluding hydrogens is 492 g/mol. The van der Waals surface area contributed by atoms with Crippen LogP contribution in [0.4, 0.5) is 0 Å². The van der Waals surface area contributed by atoms with Crippen LogP contribution in [0.25, 0.3) is 6.08 Å². The van der Waals surface area contributed by atoms with Crippen molar-refractivity contribution >= 4 is 15.9 Å². The van der Waals surface area contributed by atoms with Crippen LogP contribution in [-0.2, 0) is 22.0 Å². The summed E-state index contributed by atoms with van der Waals surface area (Å²) >= 11 is 0. The molecule has 1 aliphatic rings. The van der Waals surface area contributed by atoms with Gasteiger partial charge in [-0.3, -0.25) is 0 Å². The van der Waals surface area contributed by atoms with Crippen molar-refractivity contribution in [3.63, 3.8) is 0 Å². The van der Waals surface area contributed by atoms with Crippen LogP contribution in [-0.4, -0.2) is 18.0 Å². The lowest BCUT2D eigenvalue weighted by atomic mass is 9.76. The summed E-state index contributed by atoms with van der Waals surface area (Å²) in [5.74, 6) is 0.522. The van der Waals surface area contributed by atoms with E-state index in [0.29, 0.717) is 11.3 Å². The van der Waals surface area contributed by atoms with Crippen LogP contribution < -0.4 is 4.74 Å². The average Bonchev–Trinajstić information content (AvgIpc) is 3.49. The van der Waals surface area contributed by atoms with E-state index in [1.165, 1.54) is 5.41 Å². The van der Waals surface area contributed by atoms with Crippen molar-refractivity contribution < 1.29 is 13.2 Å². The Balaban J connectivity index is 1.47. The monoisotopic (exact) mass is 518 g/mol. The van der Waals surface area contributed by atoms with Crippen LogP contribution in [0.5, 0.6) is 5.75 Å². The molecule has 6 rings (SSSR count). The van der Waals surface area contributed by atoms with Crippen molar-refractivity contribution in [1.82, 2.24) is 9.55 Å². The summed E-state index contributed by atoms with van der Waals surface area (Å²) in [4.78, 5) is 5.07. The largest absolute Gasteiger partial charge is 0.487 e. The van der Waals surface area contributed by atoms with Gasteiger partial charge in [-0.25, -0.2) is 13.4 Å². The predicted molar refractivity (Wildman–Crippen MR) is 149 cm³/mol. The number of imidazole rings is 1. The molecule has 1 aromatic heterocycles. The number of hydrogen-bond donors (Lipinski definition) is 0. The molecule has 0 saturated carbocycles. The lowest BCUT2D eigenvalue weighted by molar-refractivity contribution is 0.299. The van der Waals surface area contributed by atoms with Gasteiger partial charge in [0.05, 0.1) is 16.9 Å². The quantitative estimate of drug-likeness (QED) is 0.235. The van der Waals surface area contributed by atoms with Gasteiger partial charge in [0, 0.05) is 16.7 Å². The van der Waals surface area contributed by atoms with Crippen molar-refractivity contribution in [3.05, 3.63) is 155 Å². The van der Waals surface area contributed by atoms with E-state index >= 15 is 0 Å². The van der Waals surface area contributed by atoms with Gasteiger partial charge in [0.25, 0.3) is 0 Å². The molecule has 0 saturated heterocycles. The molecule has 5 nitrogen and oxygen atoms in total. The first-order chi connectivity index (χ1) is 18.5. The molecule has 188 valence electrons. The molecule has 0 amide bonds. The fourth-order valence-electron chi connectivity index (χ4n) is 5.32. The number of nitrogens with zero attached hydrogens (tertiary/aromatic N) is 2. The second kappa shape index (κ2) is 9.47.